The zero-order valence-electron chi connectivity index (χ0n) is 8.39. The van der Waals surface area contributed by atoms with E-state index in [4.69, 9.17) is 0 Å². The fourth-order valence-corrected chi connectivity index (χ4v) is 2.88. The van der Waals surface area contributed by atoms with Crippen molar-refractivity contribution in [1.29, 1.82) is 0 Å². The molecule has 76 valence electrons. The summed E-state index contributed by atoms with van der Waals surface area (Å²) in [6.45, 7) is 2.08. The van der Waals surface area contributed by atoms with Gasteiger partial charge in [-0.15, -0.1) is 0 Å². The quantitative estimate of drug-likeness (QED) is 0.717. The van der Waals surface area contributed by atoms with Crippen LogP contribution in [-0.2, 0) is 0 Å². The molecule has 0 N–H and O–H groups in total. The molecule has 0 aromatic heterocycles. The second-order valence-electron chi connectivity index (χ2n) is 3.66. The number of benzene rings is 1. The maximum absolute atomic E-state index is 4.52. The Kier molecular flexibility index (Phi) is 2.25. The van der Waals surface area contributed by atoms with Gasteiger partial charge in [0, 0.05) is 18.5 Å². The van der Waals surface area contributed by atoms with Crippen molar-refractivity contribution in [1.82, 2.24) is 4.90 Å². The first-order valence-electron chi connectivity index (χ1n) is 5.19. The van der Waals surface area contributed by atoms with Crippen LogP contribution in [0.3, 0.4) is 0 Å². The Labute approximate surface area is 93.7 Å². The summed E-state index contributed by atoms with van der Waals surface area (Å²) in [4.78, 5) is 6.84. The van der Waals surface area contributed by atoms with Crippen LogP contribution < -0.4 is 0 Å². The van der Waals surface area contributed by atoms with E-state index in [1.54, 1.807) is 11.8 Å². The molecule has 0 saturated carbocycles. The standard InChI is InChI=1S/C12H12N2S/c1-2-5-10(6-3-1)11-9-15-12-13-7-4-8-14(11)12/h1-3,5-6,9H,4,7-8H2. The lowest BCUT2D eigenvalue weighted by Crippen LogP contribution is -2.28. The number of hydrogen-bond acceptors (Lipinski definition) is 3. The third-order valence-corrected chi connectivity index (χ3v) is 3.56. The molecular weight excluding hydrogens is 204 g/mol. The number of hydrogen-bond donors (Lipinski definition) is 0. The number of rotatable bonds is 1. The predicted molar refractivity (Wildman–Crippen MR) is 65.6 cm³/mol. The molecule has 0 aliphatic carbocycles. The summed E-state index contributed by atoms with van der Waals surface area (Å²) < 4.78 is 0. The van der Waals surface area contributed by atoms with Crippen molar-refractivity contribution < 1.29 is 0 Å². The van der Waals surface area contributed by atoms with Gasteiger partial charge < -0.3 is 4.90 Å². The first-order valence-corrected chi connectivity index (χ1v) is 6.07. The molecule has 1 aromatic rings. The molecule has 0 spiro atoms. The van der Waals surface area contributed by atoms with E-state index in [0.717, 1.165) is 19.5 Å². The molecular formula is C12H12N2S. The average Bonchev–Trinajstić information content (AvgIpc) is 2.74. The first-order chi connectivity index (χ1) is 7.45. The zero-order valence-corrected chi connectivity index (χ0v) is 9.20. The molecule has 15 heavy (non-hydrogen) atoms. The van der Waals surface area contributed by atoms with Crippen LogP contribution in [0, 0.1) is 0 Å². The SMILES string of the molecule is C1=C(c2ccccc2)N2CCCN=C2S1. The van der Waals surface area contributed by atoms with Crippen LogP contribution >= 0.6 is 11.8 Å². The van der Waals surface area contributed by atoms with E-state index in [1.807, 2.05) is 0 Å². The van der Waals surface area contributed by atoms with Crippen LogP contribution in [-0.4, -0.2) is 23.2 Å². The maximum Gasteiger partial charge on any atom is 0.168 e. The van der Waals surface area contributed by atoms with E-state index in [0.29, 0.717) is 0 Å². The van der Waals surface area contributed by atoms with Crippen molar-refractivity contribution in [3.8, 4) is 0 Å². The van der Waals surface area contributed by atoms with Gasteiger partial charge in [-0.25, -0.2) is 0 Å². The summed E-state index contributed by atoms with van der Waals surface area (Å²) in [6.07, 6.45) is 1.16. The molecule has 2 aliphatic heterocycles. The minimum atomic E-state index is 0.981. The molecule has 0 unspecified atom stereocenters. The Bertz CT molecular complexity index is 423. The summed E-state index contributed by atoms with van der Waals surface area (Å²) in [5, 5.41) is 3.37. The van der Waals surface area contributed by atoms with Crippen molar-refractivity contribution in [2.75, 3.05) is 13.1 Å². The molecule has 3 rings (SSSR count). The highest BCUT2D eigenvalue weighted by Gasteiger charge is 2.25. The maximum atomic E-state index is 4.52. The highest BCUT2D eigenvalue weighted by atomic mass is 32.2. The van der Waals surface area contributed by atoms with Crippen LogP contribution in [0.25, 0.3) is 5.70 Å². The number of thioether (sulfide) groups is 1. The molecule has 1 aromatic carbocycles. The van der Waals surface area contributed by atoms with Crippen LogP contribution in [0.2, 0.25) is 0 Å². The van der Waals surface area contributed by atoms with Crippen molar-refractivity contribution in [2.24, 2.45) is 4.99 Å². The van der Waals surface area contributed by atoms with Gasteiger partial charge in [-0.3, -0.25) is 4.99 Å². The van der Waals surface area contributed by atoms with Gasteiger partial charge >= 0.3 is 0 Å². The fraction of sp³-hybridized carbons (Fsp3) is 0.250. The molecule has 3 heteroatoms. The second kappa shape index (κ2) is 3.74. The summed E-state index contributed by atoms with van der Waals surface area (Å²) in [5.41, 5.74) is 2.59. The number of nitrogens with zero attached hydrogens (tertiary/aromatic N) is 2. The smallest absolute Gasteiger partial charge is 0.168 e. The summed E-state index contributed by atoms with van der Waals surface area (Å²) in [6, 6.07) is 10.5. The van der Waals surface area contributed by atoms with Crippen molar-refractivity contribution in [3.05, 3.63) is 41.3 Å². The molecule has 0 bridgehead atoms. The molecule has 0 atom stereocenters. The third kappa shape index (κ3) is 1.57. The van der Waals surface area contributed by atoms with E-state index in [1.165, 1.54) is 16.4 Å². The molecule has 0 saturated heterocycles. The van der Waals surface area contributed by atoms with Gasteiger partial charge in [-0.05, 0) is 12.0 Å². The van der Waals surface area contributed by atoms with Crippen molar-refractivity contribution in [2.45, 2.75) is 6.42 Å². The van der Waals surface area contributed by atoms with Gasteiger partial charge in [-0.2, -0.15) is 0 Å². The van der Waals surface area contributed by atoms with Crippen LogP contribution in [0.5, 0.6) is 0 Å². The molecule has 2 heterocycles. The zero-order chi connectivity index (χ0) is 10.1. The lowest BCUT2D eigenvalue weighted by atomic mass is 10.1. The third-order valence-electron chi connectivity index (χ3n) is 2.65. The Hall–Kier alpha value is -1.22. The topological polar surface area (TPSA) is 15.6 Å². The normalized spacial score (nSPS) is 19.6. The predicted octanol–water partition coefficient (Wildman–Crippen LogP) is 2.79. The summed E-state index contributed by atoms with van der Waals surface area (Å²) >= 11 is 1.74. The molecule has 0 radical (unpaired) electrons. The van der Waals surface area contributed by atoms with E-state index < -0.39 is 0 Å². The van der Waals surface area contributed by atoms with Crippen LogP contribution in [0.15, 0.2) is 40.7 Å². The minimum Gasteiger partial charge on any atom is -0.320 e. The molecule has 0 fully saturated rings. The van der Waals surface area contributed by atoms with E-state index in [-0.39, 0.29) is 0 Å². The van der Waals surface area contributed by atoms with E-state index >= 15 is 0 Å². The molecule has 2 nitrogen and oxygen atoms in total. The Balaban J connectivity index is 1.95. The highest BCUT2D eigenvalue weighted by molar-refractivity contribution is 8.16. The van der Waals surface area contributed by atoms with Gasteiger partial charge in [0.25, 0.3) is 0 Å². The van der Waals surface area contributed by atoms with Crippen molar-refractivity contribution in [3.63, 3.8) is 0 Å². The van der Waals surface area contributed by atoms with Gasteiger partial charge in [0.05, 0.1) is 5.70 Å². The van der Waals surface area contributed by atoms with Gasteiger partial charge in [0.1, 0.15) is 0 Å². The summed E-state index contributed by atoms with van der Waals surface area (Å²) in [7, 11) is 0. The minimum absolute atomic E-state index is 0.981. The monoisotopic (exact) mass is 216 g/mol. The Morgan fingerprint density at radius 3 is 2.93 bits per heavy atom. The van der Waals surface area contributed by atoms with E-state index in [2.05, 4.69) is 45.6 Å². The lowest BCUT2D eigenvalue weighted by molar-refractivity contribution is 0.542. The second-order valence-corrected chi connectivity index (χ2v) is 4.49. The fourth-order valence-electron chi connectivity index (χ4n) is 1.91. The average molecular weight is 216 g/mol. The lowest BCUT2D eigenvalue weighted by Gasteiger charge is -2.25. The Morgan fingerprint density at radius 2 is 2.07 bits per heavy atom. The first kappa shape index (κ1) is 9.04. The van der Waals surface area contributed by atoms with E-state index in [9.17, 15) is 0 Å². The molecule has 0 amide bonds. The van der Waals surface area contributed by atoms with Crippen molar-refractivity contribution >= 4 is 22.6 Å². The number of aliphatic imine (C=N–C) groups is 1. The van der Waals surface area contributed by atoms with Crippen LogP contribution in [0.4, 0.5) is 0 Å². The molecule has 2 aliphatic rings. The van der Waals surface area contributed by atoms with Gasteiger partial charge in [0.2, 0.25) is 0 Å². The summed E-state index contributed by atoms with van der Waals surface area (Å²) in [5.74, 6) is 0. The Morgan fingerprint density at radius 1 is 1.20 bits per heavy atom. The van der Waals surface area contributed by atoms with Gasteiger partial charge in [0.15, 0.2) is 5.17 Å². The number of fused-ring (bicyclic) bond motifs is 1. The highest BCUT2D eigenvalue weighted by Crippen LogP contribution is 2.34. The van der Waals surface area contributed by atoms with Crippen LogP contribution in [0.1, 0.15) is 12.0 Å². The number of amidine groups is 1. The van der Waals surface area contributed by atoms with Gasteiger partial charge in [-0.1, -0.05) is 42.1 Å². The largest absolute Gasteiger partial charge is 0.320 e.